The van der Waals surface area contributed by atoms with E-state index in [1.54, 1.807) is 4.90 Å². The number of hydrogen-bond acceptors (Lipinski definition) is 3. The Morgan fingerprint density at radius 1 is 1.40 bits per heavy atom. The van der Waals surface area contributed by atoms with Crippen LogP contribution in [0.5, 0.6) is 0 Å². The molecule has 0 aromatic heterocycles. The summed E-state index contributed by atoms with van der Waals surface area (Å²) < 4.78 is 0. The normalized spacial score (nSPS) is 30.3. The molecule has 15 heavy (non-hydrogen) atoms. The van der Waals surface area contributed by atoms with Gasteiger partial charge in [0.05, 0.1) is 6.07 Å². The highest BCUT2D eigenvalue weighted by Gasteiger charge is 2.44. The van der Waals surface area contributed by atoms with Gasteiger partial charge in [0, 0.05) is 19.0 Å². The molecule has 0 bridgehead atoms. The first-order chi connectivity index (χ1) is 7.18. The standard InChI is InChI=1S/C11H17N3O/c12-8-11(4-2-1-3-5-11)14-7-9(13)6-10(14)15/h9H,1-7,13H2. The van der Waals surface area contributed by atoms with E-state index in [9.17, 15) is 10.1 Å². The second-order valence-corrected chi connectivity index (χ2v) is 4.67. The molecule has 0 aromatic carbocycles. The monoisotopic (exact) mass is 207 g/mol. The van der Waals surface area contributed by atoms with Crippen molar-refractivity contribution in [2.75, 3.05) is 6.54 Å². The number of nitriles is 1. The summed E-state index contributed by atoms with van der Waals surface area (Å²) in [7, 11) is 0. The summed E-state index contributed by atoms with van der Waals surface area (Å²) in [5, 5.41) is 9.32. The molecule has 1 saturated heterocycles. The van der Waals surface area contributed by atoms with Crippen molar-refractivity contribution in [1.82, 2.24) is 4.90 Å². The molecular formula is C11H17N3O. The minimum Gasteiger partial charge on any atom is -0.326 e. The van der Waals surface area contributed by atoms with Crippen LogP contribution < -0.4 is 5.73 Å². The van der Waals surface area contributed by atoms with Crippen LogP contribution in [0.1, 0.15) is 38.5 Å². The predicted octanol–water partition coefficient (Wildman–Crippen LogP) is 0.772. The zero-order chi connectivity index (χ0) is 10.9. The fraction of sp³-hybridized carbons (Fsp3) is 0.818. The fourth-order valence-corrected chi connectivity index (χ4v) is 2.73. The largest absolute Gasteiger partial charge is 0.326 e. The molecule has 1 heterocycles. The minimum atomic E-state index is -0.538. The summed E-state index contributed by atoms with van der Waals surface area (Å²) in [6, 6.07) is 2.28. The summed E-state index contributed by atoms with van der Waals surface area (Å²) >= 11 is 0. The van der Waals surface area contributed by atoms with E-state index >= 15 is 0 Å². The van der Waals surface area contributed by atoms with Crippen LogP contribution in [0.4, 0.5) is 0 Å². The molecule has 1 amide bonds. The lowest BCUT2D eigenvalue weighted by molar-refractivity contribution is -0.132. The predicted molar refractivity (Wildman–Crippen MR) is 55.7 cm³/mol. The molecule has 1 saturated carbocycles. The van der Waals surface area contributed by atoms with Crippen molar-refractivity contribution in [1.29, 1.82) is 5.26 Å². The maximum Gasteiger partial charge on any atom is 0.225 e. The number of amides is 1. The topological polar surface area (TPSA) is 70.1 Å². The van der Waals surface area contributed by atoms with Gasteiger partial charge in [-0.3, -0.25) is 4.79 Å². The Balaban J connectivity index is 2.19. The van der Waals surface area contributed by atoms with E-state index in [1.165, 1.54) is 6.42 Å². The summed E-state index contributed by atoms with van der Waals surface area (Å²) in [4.78, 5) is 13.5. The molecule has 0 radical (unpaired) electrons. The van der Waals surface area contributed by atoms with E-state index in [0.717, 1.165) is 25.7 Å². The van der Waals surface area contributed by atoms with Gasteiger partial charge in [0.25, 0.3) is 0 Å². The van der Waals surface area contributed by atoms with Gasteiger partial charge < -0.3 is 10.6 Å². The molecule has 1 unspecified atom stereocenters. The van der Waals surface area contributed by atoms with E-state index in [0.29, 0.717) is 13.0 Å². The van der Waals surface area contributed by atoms with E-state index in [1.807, 2.05) is 0 Å². The molecule has 4 nitrogen and oxygen atoms in total. The van der Waals surface area contributed by atoms with Crippen molar-refractivity contribution in [2.24, 2.45) is 5.73 Å². The molecule has 1 aliphatic heterocycles. The first-order valence-corrected chi connectivity index (χ1v) is 5.65. The first-order valence-electron chi connectivity index (χ1n) is 5.65. The minimum absolute atomic E-state index is 0.0611. The third-order valence-corrected chi connectivity index (χ3v) is 3.56. The smallest absolute Gasteiger partial charge is 0.225 e. The Kier molecular flexibility index (Phi) is 2.66. The molecule has 82 valence electrons. The van der Waals surface area contributed by atoms with E-state index < -0.39 is 5.54 Å². The van der Waals surface area contributed by atoms with Gasteiger partial charge in [-0.25, -0.2) is 0 Å². The summed E-state index contributed by atoms with van der Waals surface area (Å²) in [5.74, 6) is 0.0611. The van der Waals surface area contributed by atoms with Gasteiger partial charge in [0.15, 0.2) is 0 Å². The van der Waals surface area contributed by atoms with Gasteiger partial charge in [-0.2, -0.15) is 5.26 Å². The van der Waals surface area contributed by atoms with Crippen molar-refractivity contribution in [3.05, 3.63) is 0 Å². The summed E-state index contributed by atoms with van der Waals surface area (Å²) in [6.45, 7) is 0.562. The zero-order valence-corrected chi connectivity index (χ0v) is 8.91. The average Bonchev–Trinajstić information content (AvgIpc) is 2.59. The second-order valence-electron chi connectivity index (χ2n) is 4.67. The number of likely N-dealkylation sites (tertiary alicyclic amines) is 1. The van der Waals surface area contributed by atoms with Crippen LogP contribution in [-0.4, -0.2) is 28.9 Å². The third kappa shape index (κ3) is 1.72. The summed E-state index contributed by atoms with van der Waals surface area (Å²) in [5.41, 5.74) is 5.23. The first kappa shape index (κ1) is 10.4. The third-order valence-electron chi connectivity index (χ3n) is 3.56. The van der Waals surface area contributed by atoms with Gasteiger partial charge in [-0.15, -0.1) is 0 Å². The highest BCUT2D eigenvalue weighted by atomic mass is 16.2. The van der Waals surface area contributed by atoms with Crippen molar-refractivity contribution in [2.45, 2.75) is 50.1 Å². The number of hydrogen-bond donors (Lipinski definition) is 1. The highest BCUT2D eigenvalue weighted by molar-refractivity contribution is 5.80. The van der Waals surface area contributed by atoms with E-state index in [2.05, 4.69) is 6.07 Å². The Labute approximate surface area is 90.0 Å². The van der Waals surface area contributed by atoms with E-state index in [-0.39, 0.29) is 11.9 Å². The number of nitrogens with two attached hydrogens (primary N) is 1. The van der Waals surface area contributed by atoms with Crippen molar-refractivity contribution < 1.29 is 4.79 Å². The molecule has 0 spiro atoms. The van der Waals surface area contributed by atoms with Crippen LogP contribution in [0.3, 0.4) is 0 Å². The second kappa shape index (κ2) is 3.82. The van der Waals surface area contributed by atoms with Crippen LogP contribution in [0.25, 0.3) is 0 Å². The van der Waals surface area contributed by atoms with E-state index in [4.69, 9.17) is 5.73 Å². The number of carbonyl (C=O) groups excluding carboxylic acids is 1. The molecule has 4 heteroatoms. The Bertz CT molecular complexity index is 301. The Morgan fingerprint density at radius 3 is 2.53 bits per heavy atom. The molecule has 2 N–H and O–H groups in total. The van der Waals surface area contributed by atoms with Gasteiger partial charge in [-0.1, -0.05) is 19.3 Å². The lowest BCUT2D eigenvalue weighted by atomic mass is 9.81. The molecule has 2 fully saturated rings. The molecule has 2 rings (SSSR count). The van der Waals surface area contributed by atoms with Gasteiger partial charge >= 0.3 is 0 Å². The van der Waals surface area contributed by atoms with Crippen LogP contribution in [0.2, 0.25) is 0 Å². The maximum absolute atomic E-state index is 11.7. The SMILES string of the molecule is N#CC1(N2CC(N)CC2=O)CCCCC1. The lowest BCUT2D eigenvalue weighted by Crippen LogP contribution is -2.50. The molecule has 0 aromatic rings. The molecular weight excluding hydrogens is 190 g/mol. The van der Waals surface area contributed by atoms with Gasteiger partial charge in [0.1, 0.15) is 5.54 Å². The molecule has 1 aliphatic carbocycles. The number of rotatable bonds is 1. The zero-order valence-electron chi connectivity index (χ0n) is 8.91. The van der Waals surface area contributed by atoms with Gasteiger partial charge in [0.2, 0.25) is 5.91 Å². The van der Waals surface area contributed by atoms with Crippen LogP contribution in [0, 0.1) is 11.3 Å². The highest BCUT2D eigenvalue weighted by Crippen LogP contribution is 2.35. The molecule has 2 aliphatic rings. The maximum atomic E-state index is 11.7. The summed E-state index contributed by atoms with van der Waals surface area (Å²) in [6.07, 6.45) is 5.32. The van der Waals surface area contributed by atoms with Crippen LogP contribution in [0.15, 0.2) is 0 Å². The van der Waals surface area contributed by atoms with Crippen LogP contribution in [-0.2, 0) is 4.79 Å². The van der Waals surface area contributed by atoms with Crippen molar-refractivity contribution in [3.63, 3.8) is 0 Å². The van der Waals surface area contributed by atoms with Gasteiger partial charge in [-0.05, 0) is 12.8 Å². The number of carbonyl (C=O) groups is 1. The number of nitrogens with zero attached hydrogens (tertiary/aromatic N) is 2. The quantitative estimate of drug-likeness (QED) is 0.690. The lowest BCUT2D eigenvalue weighted by Gasteiger charge is -2.39. The van der Waals surface area contributed by atoms with Crippen LogP contribution >= 0.6 is 0 Å². The van der Waals surface area contributed by atoms with Crippen molar-refractivity contribution >= 4 is 5.91 Å². The average molecular weight is 207 g/mol. The van der Waals surface area contributed by atoms with Crippen molar-refractivity contribution in [3.8, 4) is 6.07 Å². The Hall–Kier alpha value is -1.08. The molecule has 1 atom stereocenters. The fourth-order valence-electron chi connectivity index (χ4n) is 2.73. The Morgan fingerprint density at radius 2 is 2.07 bits per heavy atom.